The number of hydrogen-bond donors (Lipinski definition) is 1. The Hall–Kier alpha value is -2.17. The van der Waals surface area contributed by atoms with E-state index >= 15 is 0 Å². The average molecular weight is 231 g/mol. The molecule has 1 amide bonds. The fraction of sp³-hybridized carbons (Fsp3) is 0.250. The maximum atomic E-state index is 12.1. The van der Waals surface area contributed by atoms with Crippen LogP contribution in [0.4, 0.5) is 0 Å². The molecule has 0 radical (unpaired) electrons. The third kappa shape index (κ3) is 2.18. The number of benzene rings is 1. The number of amides is 1. The third-order valence-electron chi connectivity index (χ3n) is 2.57. The summed E-state index contributed by atoms with van der Waals surface area (Å²) < 4.78 is 1.31. The first-order chi connectivity index (χ1) is 8.11. The largest absolute Gasteiger partial charge is 0.358 e. The molecule has 88 valence electrons. The van der Waals surface area contributed by atoms with Gasteiger partial charge in [0.2, 0.25) is 5.91 Å². The van der Waals surface area contributed by atoms with Gasteiger partial charge in [-0.2, -0.15) is 0 Å². The molecular formula is C12H13N3O2. The molecule has 5 nitrogen and oxygen atoms in total. The Morgan fingerprint density at radius 3 is 2.94 bits per heavy atom. The highest BCUT2D eigenvalue weighted by molar-refractivity contribution is 5.79. The van der Waals surface area contributed by atoms with Crippen LogP contribution in [0.5, 0.6) is 0 Å². The van der Waals surface area contributed by atoms with Gasteiger partial charge in [0.25, 0.3) is 5.56 Å². The van der Waals surface area contributed by atoms with Crippen LogP contribution in [0.25, 0.3) is 10.9 Å². The molecule has 0 saturated heterocycles. The zero-order valence-electron chi connectivity index (χ0n) is 9.73. The highest BCUT2D eigenvalue weighted by atomic mass is 16.2. The van der Waals surface area contributed by atoms with Gasteiger partial charge in [-0.25, -0.2) is 4.98 Å². The van der Waals surface area contributed by atoms with E-state index in [9.17, 15) is 9.59 Å². The van der Waals surface area contributed by atoms with Gasteiger partial charge >= 0.3 is 0 Å². The molecule has 0 atom stereocenters. The lowest BCUT2D eigenvalue weighted by molar-refractivity contribution is -0.121. The number of likely N-dealkylation sites (N-methyl/N-ethyl adjacent to an activating group) is 1. The highest BCUT2D eigenvalue weighted by Crippen LogP contribution is 2.08. The molecule has 0 aliphatic heterocycles. The van der Waals surface area contributed by atoms with Crippen molar-refractivity contribution in [2.45, 2.75) is 13.5 Å². The minimum absolute atomic E-state index is 0.00772. The predicted molar refractivity (Wildman–Crippen MR) is 64.8 cm³/mol. The van der Waals surface area contributed by atoms with Crippen molar-refractivity contribution in [2.24, 2.45) is 0 Å². The molecule has 0 spiro atoms. The third-order valence-corrected chi connectivity index (χ3v) is 2.57. The Labute approximate surface area is 98.1 Å². The smallest absolute Gasteiger partial charge is 0.261 e. The summed E-state index contributed by atoms with van der Waals surface area (Å²) in [4.78, 5) is 27.5. The fourth-order valence-electron chi connectivity index (χ4n) is 1.62. The molecule has 17 heavy (non-hydrogen) atoms. The molecule has 5 heteroatoms. The molecule has 2 aromatic rings. The maximum absolute atomic E-state index is 12.1. The van der Waals surface area contributed by atoms with E-state index in [2.05, 4.69) is 10.3 Å². The Balaban J connectivity index is 2.57. The average Bonchev–Trinajstić information content (AvgIpc) is 2.33. The molecule has 2 rings (SSSR count). The highest BCUT2D eigenvalue weighted by Gasteiger charge is 2.06. The van der Waals surface area contributed by atoms with Crippen molar-refractivity contribution >= 4 is 16.8 Å². The number of carbonyl (C=O) groups excluding carboxylic acids is 1. The molecule has 1 aromatic carbocycles. The summed E-state index contributed by atoms with van der Waals surface area (Å²) in [6, 6.07) is 5.49. The zero-order chi connectivity index (χ0) is 12.4. The summed E-state index contributed by atoms with van der Waals surface area (Å²) >= 11 is 0. The first kappa shape index (κ1) is 11.3. The zero-order valence-corrected chi connectivity index (χ0v) is 9.73. The van der Waals surface area contributed by atoms with E-state index in [4.69, 9.17) is 0 Å². The van der Waals surface area contributed by atoms with Crippen LogP contribution >= 0.6 is 0 Å². The van der Waals surface area contributed by atoms with Crippen molar-refractivity contribution in [1.29, 1.82) is 0 Å². The normalized spacial score (nSPS) is 10.5. The van der Waals surface area contributed by atoms with Crippen LogP contribution in [-0.4, -0.2) is 22.5 Å². The summed E-state index contributed by atoms with van der Waals surface area (Å²) in [6.07, 6.45) is 1.40. The summed E-state index contributed by atoms with van der Waals surface area (Å²) in [5.74, 6) is -0.221. The molecule has 0 unspecified atom stereocenters. The van der Waals surface area contributed by atoms with Crippen molar-refractivity contribution < 1.29 is 4.79 Å². The van der Waals surface area contributed by atoms with Gasteiger partial charge in [0.15, 0.2) is 0 Å². The minimum atomic E-state index is -0.221. The first-order valence-corrected chi connectivity index (χ1v) is 5.28. The summed E-state index contributed by atoms with van der Waals surface area (Å²) in [6.45, 7) is 1.90. The molecule has 1 aromatic heterocycles. The van der Waals surface area contributed by atoms with E-state index in [-0.39, 0.29) is 18.0 Å². The van der Waals surface area contributed by atoms with Gasteiger partial charge in [0, 0.05) is 7.05 Å². The molecule has 0 aliphatic rings. The first-order valence-electron chi connectivity index (χ1n) is 5.28. The van der Waals surface area contributed by atoms with Gasteiger partial charge < -0.3 is 5.32 Å². The van der Waals surface area contributed by atoms with Gasteiger partial charge in [-0.15, -0.1) is 0 Å². The van der Waals surface area contributed by atoms with Crippen LogP contribution in [-0.2, 0) is 11.3 Å². The van der Waals surface area contributed by atoms with Crippen molar-refractivity contribution in [1.82, 2.24) is 14.9 Å². The van der Waals surface area contributed by atoms with E-state index in [0.717, 1.165) is 5.56 Å². The molecule has 0 saturated carbocycles. The second kappa shape index (κ2) is 4.37. The van der Waals surface area contributed by atoms with E-state index in [0.29, 0.717) is 10.9 Å². The number of aryl methyl sites for hydroxylation is 1. The van der Waals surface area contributed by atoms with Gasteiger partial charge in [-0.3, -0.25) is 14.2 Å². The van der Waals surface area contributed by atoms with Crippen molar-refractivity contribution in [3.05, 3.63) is 40.4 Å². The molecule has 0 aliphatic carbocycles. The van der Waals surface area contributed by atoms with E-state index in [1.54, 1.807) is 12.1 Å². The van der Waals surface area contributed by atoms with Crippen molar-refractivity contribution in [3.8, 4) is 0 Å². The molecule has 0 fully saturated rings. The second-order valence-electron chi connectivity index (χ2n) is 3.87. The maximum Gasteiger partial charge on any atom is 0.261 e. The van der Waals surface area contributed by atoms with E-state index in [1.165, 1.54) is 17.9 Å². The predicted octanol–water partition coefficient (Wildman–Crippen LogP) is 0.451. The monoisotopic (exact) mass is 231 g/mol. The number of fused-ring (bicyclic) bond motifs is 1. The van der Waals surface area contributed by atoms with Crippen LogP contribution in [0.15, 0.2) is 29.3 Å². The van der Waals surface area contributed by atoms with Gasteiger partial charge in [-0.1, -0.05) is 11.6 Å². The molecule has 0 bridgehead atoms. The Morgan fingerprint density at radius 1 is 1.47 bits per heavy atom. The van der Waals surface area contributed by atoms with Crippen LogP contribution in [0.3, 0.4) is 0 Å². The SMILES string of the molecule is CNC(=O)Cn1cnc2ccc(C)cc2c1=O. The van der Waals surface area contributed by atoms with Crippen molar-refractivity contribution in [3.63, 3.8) is 0 Å². The Kier molecular flexibility index (Phi) is 2.91. The quantitative estimate of drug-likeness (QED) is 0.816. The van der Waals surface area contributed by atoms with Gasteiger partial charge in [0.05, 0.1) is 17.2 Å². The summed E-state index contributed by atoms with van der Waals surface area (Å²) in [5, 5.41) is 3.01. The number of carbonyl (C=O) groups is 1. The van der Waals surface area contributed by atoms with Crippen LogP contribution < -0.4 is 10.9 Å². The Morgan fingerprint density at radius 2 is 2.24 bits per heavy atom. The molecule has 1 N–H and O–H groups in total. The number of hydrogen-bond acceptors (Lipinski definition) is 3. The fourth-order valence-corrected chi connectivity index (χ4v) is 1.62. The van der Waals surface area contributed by atoms with Crippen LogP contribution in [0.2, 0.25) is 0 Å². The molecule has 1 heterocycles. The summed E-state index contributed by atoms with van der Waals surface area (Å²) in [7, 11) is 1.53. The van der Waals surface area contributed by atoms with E-state index in [1.807, 2.05) is 13.0 Å². The molecular weight excluding hydrogens is 218 g/mol. The number of rotatable bonds is 2. The van der Waals surface area contributed by atoms with Crippen molar-refractivity contribution in [2.75, 3.05) is 7.05 Å². The van der Waals surface area contributed by atoms with E-state index < -0.39 is 0 Å². The van der Waals surface area contributed by atoms with Gasteiger partial charge in [-0.05, 0) is 19.1 Å². The second-order valence-corrected chi connectivity index (χ2v) is 3.87. The Bertz CT molecular complexity index is 631. The summed E-state index contributed by atoms with van der Waals surface area (Å²) in [5.41, 5.74) is 1.45. The lowest BCUT2D eigenvalue weighted by Crippen LogP contribution is -2.30. The number of nitrogens with zero attached hydrogens (tertiary/aromatic N) is 2. The lowest BCUT2D eigenvalue weighted by atomic mass is 10.2. The van der Waals surface area contributed by atoms with Gasteiger partial charge in [0.1, 0.15) is 6.54 Å². The standard InChI is InChI=1S/C12H13N3O2/c1-8-3-4-10-9(5-8)12(17)15(7-14-10)6-11(16)13-2/h3-5,7H,6H2,1-2H3,(H,13,16). The number of aromatic nitrogens is 2. The minimum Gasteiger partial charge on any atom is -0.358 e. The van der Waals surface area contributed by atoms with Crippen LogP contribution in [0, 0.1) is 6.92 Å². The topological polar surface area (TPSA) is 64.0 Å². The van der Waals surface area contributed by atoms with Crippen LogP contribution in [0.1, 0.15) is 5.56 Å². The number of nitrogens with one attached hydrogen (secondary N) is 1. The lowest BCUT2D eigenvalue weighted by Gasteiger charge is -2.05.